The topological polar surface area (TPSA) is 29.5 Å². The van der Waals surface area contributed by atoms with Crippen molar-refractivity contribution in [1.82, 2.24) is 4.90 Å². The molecule has 1 aliphatic rings. The minimum atomic E-state index is -0.0868. The molecule has 0 saturated carbocycles. The van der Waals surface area contributed by atoms with Crippen molar-refractivity contribution in [1.29, 1.82) is 0 Å². The molecule has 3 heteroatoms. The van der Waals surface area contributed by atoms with E-state index in [4.69, 9.17) is 4.74 Å². The van der Waals surface area contributed by atoms with Crippen LogP contribution in [0.1, 0.15) is 34.1 Å². The van der Waals surface area contributed by atoms with E-state index in [1.54, 1.807) is 0 Å². The molecule has 1 rings (SSSR count). The van der Waals surface area contributed by atoms with E-state index < -0.39 is 0 Å². The molecular formula is C13H25NO2. The van der Waals surface area contributed by atoms with Crippen LogP contribution < -0.4 is 0 Å². The lowest BCUT2D eigenvalue weighted by atomic mass is 9.89. The maximum Gasteiger partial charge on any atom is 0.323 e. The number of piperidine rings is 1. The van der Waals surface area contributed by atoms with E-state index in [9.17, 15) is 4.79 Å². The predicted octanol–water partition coefficient (Wildman–Crippen LogP) is 2.16. The Balaban J connectivity index is 2.74. The van der Waals surface area contributed by atoms with Crippen LogP contribution in [0.25, 0.3) is 0 Å². The lowest BCUT2D eigenvalue weighted by Gasteiger charge is -2.40. The summed E-state index contributed by atoms with van der Waals surface area (Å²) in [5.41, 5.74) is 0. The van der Waals surface area contributed by atoms with Gasteiger partial charge in [-0.15, -0.1) is 0 Å². The summed E-state index contributed by atoms with van der Waals surface area (Å²) in [6.07, 6.45) is 1.27. The summed E-state index contributed by atoms with van der Waals surface area (Å²) in [4.78, 5) is 14.1. The molecule has 0 aromatic heterocycles. The summed E-state index contributed by atoms with van der Waals surface area (Å²) in [5.74, 6) is 1.57. The quantitative estimate of drug-likeness (QED) is 0.692. The maximum atomic E-state index is 11.8. The highest BCUT2D eigenvalue weighted by Crippen LogP contribution is 2.25. The number of carbonyl (C=O) groups excluding carboxylic acids is 1. The van der Waals surface area contributed by atoms with Crippen molar-refractivity contribution in [3.8, 4) is 0 Å². The Kier molecular flexibility index (Phi) is 4.78. The van der Waals surface area contributed by atoms with Crippen LogP contribution in [0.5, 0.6) is 0 Å². The largest absolute Gasteiger partial charge is 0.468 e. The van der Waals surface area contributed by atoms with E-state index in [0.717, 1.165) is 13.1 Å². The van der Waals surface area contributed by atoms with Crippen LogP contribution in [0, 0.1) is 17.8 Å². The summed E-state index contributed by atoms with van der Waals surface area (Å²) in [6, 6.07) is -0.0739. The molecular weight excluding hydrogens is 202 g/mol. The maximum absolute atomic E-state index is 11.8. The lowest BCUT2D eigenvalue weighted by molar-refractivity contribution is -0.150. The van der Waals surface area contributed by atoms with Gasteiger partial charge >= 0.3 is 5.97 Å². The van der Waals surface area contributed by atoms with Crippen LogP contribution in [-0.4, -0.2) is 37.1 Å². The fourth-order valence-corrected chi connectivity index (χ4v) is 2.90. The van der Waals surface area contributed by atoms with Crippen molar-refractivity contribution >= 4 is 5.97 Å². The number of rotatable bonds is 3. The molecule has 0 aromatic rings. The fraction of sp³-hybridized carbons (Fsp3) is 0.923. The first-order valence-electron chi connectivity index (χ1n) is 6.27. The molecule has 3 atom stereocenters. The fourth-order valence-electron chi connectivity index (χ4n) is 2.90. The number of carbonyl (C=O) groups is 1. The highest BCUT2D eigenvalue weighted by molar-refractivity contribution is 5.76. The molecule has 3 nitrogen and oxygen atoms in total. The highest BCUT2D eigenvalue weighted by Gasteiger charge is 2.34. The summed E-state index contributed by atoms with van der Waals surface area (Å²) >= 11 is 0. The first-order valence-corrected chi connectivity index (χ1v) is 6.27. The van der Waals surface area contributed by atoms with E-state index in [2.05, 4.69) is 32.6 Å². The normalized spacial score (nSPS) is 29.1. The third-order valence-corrected chi connectivity index (χ3v) is 3.36. The van der Waals surface area contributed by atoms with E-state index in [1.807, 2.05) is 0 Å². The minimum Gasteiger partial charge on any atom is -0.468 e. The van der Waals surface area contributed by atoms with Crippen molar-refractivity contribution in [3.05, 3.63) is 0 Å². The van der Waals surface area contributed by atoms with Crippen LogP contribution >= 0.6 is 0 Å². The van der Waals surface area contributed by atoms with Crippen LogP contribution in [0.4, 0.5) is 0 Å². The Morgan fingerprint density at radius 3 is 2.12 bits per heavy atom. The molecule has 0 aromatic carbocycles. The van der Waals surface area contributed by atoms with Gasteiger partial charge in [0.2, 0.25) is 0 Å². The average molecular weight is 227 g/mol. The molecule has 0 amide bonds. The minimum absolute atomic E-state index is 0.0739. The summed E-state index contributed by atoms with van der Waals surface area (Å²) in [5, 5.41) is 0. The van der Waals surface area contributed by atoms with Crippen LogP contribution in [0.2, 0.25) is 0 Å². The van der Waals surface area contributed by atoms with Crippen LogP contribution in [0.15, 0.2) is 0 Å². The molecule has 94 valence electrons. The number of hydrogen-bond donors (Lipinski definition) is 0. The zero-order valence-corrected chi connectivity index (χ0v) is 11.2. The Morgan fingerprint density at radius 2 is 1.75 bits per heavy atom. The van der Waals surface area contributed by atoms with Gasteiger partial charge < -0.3 is 4.74 Å². The Hall–Kier alpha value is -0.570. The van der Waals surface area contributed by atoms with Crippen LogP contribution in [0.3, 0.4) is 0 Å². The second-order valence-corrected chi connectivity index (χ2v) is 5.61. The Morgan fingerprint density at radius 1 is 1.25 bits per heavy atom. The molecule has 0 radical (unpaired) electrons. The van der Waals surface area contributed by atoms with Gasteiger partial charge in [0.1, 0.15) is 6.04 Å². The number of esters is 1. The molecule has 1 fully saturated rings. The molecule has 0 unspecified atom stereocenters. The van der Waals surface area contributed by atoms with E-state index in [1.165, 1.54) is 13.5 Å². The Labute approximate surface area is 99.1 Å². The van der Waals surface area contributed by atoms with Gasteiger partial charge in [-0.25, -0.2) is 0 Å². The van der Waals surface area contributed by atoms with E-state index in [0.29, 0.717) is 17.8 Å². The molecule has 1 saturated heterocycles. The molecule has 1 aliphatic heterocycles. The number of nitrogens with zero attached hydrogens (tertiary/aromatic N) is 1. The van der Waals surface area contributed by atoms with Gasteiger partial charge in [0.25, 0.3) is 0 Å². The van der Waals surface area contributed by atoms with Crippen molar-refractivity contribution in [3.63, 3.8) is 0 Å². The van der Waals surface area contributed by atoms with Gasteiger partial charge in [-0.3, -0.25) is 9.69 Å². The van der Waals surface area contributed by atoms with Crippen molar-refractivity contribution < 1.29 is 9.53 Å². The second-order valence-electron chi connectivity index (χ2n) is 5.61. The van der Waals surface area contributed by atoms with Gasteiger partial charge in [-0.1, -0.05) is 27.7 Å². The van der Waals surface area contributed by atoms with Gasteiger partial charge in [0.05, 0.1) is 7.11 Å². The van der Waals surface area contributed by atoms with Crippen molar-refractivity contribution in [2.24, 2.45) is 17.8 Å². The van der Waals surface area contributed by atoms with Gasteiger partial charge in [-0.2, -0.15) is 0 Å². The standard InChI is InChI=1S/C13H25NO2/c1-9(2)12(13(15)16-5)14-7-10(3)6-11(4)8-14/h9-12H,6-8H2,1-5H3/t10-,11-,12+/m1/s1. The summed E-state index contributed by atoms with van der Waals surface area (Å²) in [6.45, 7) is 10.7. The third-order valence-electron chi connectivity index (χ3n) is 3.36. The first kappa shape index (κ1) is 13.5. The smallest absolute Gasteiger partial charge is 0.323 e. The molecule has 1 heterocycles. The molecule has 16 heavy (non-hydrogen) atoms. The Bertz CT molecular complexity index is 230. The zero-order chi connectivity index (χ0) is 12.3. The molecule has 0 N–H and O–H groups in total. The number of hydrogen-bond acceptors (Lipinski definition) is 3. The lowest BCUT2D eigenvalue weighted by Crippen LogP contribution is -2.51. The van der Waals surface area contributed by atoms with Gasteiger partial charge in [-0.05, 0) is 24.2 Å². The molecule has 0 spiro atoms. The SMILES string of the molecule is COC(=O)[C@H](C(C)C)N1C[C@H](C)C[C@@H](C)C1. The third kappa shape index (κ3) is 3.21. The zero-order valence-electron chi connectivity index (χ0n) is 11.2. The van der Waals surface area contributed by atoms with Gasteiger partial charge in [0, 0.05) is 13.1 Å². The number of likely N-dealkylation sites (tertiary alicyclic amines) is 1. The first-order chi connectivity index (χ1) is 7.45. The highest BCUT2D eigenvalue weighted by atomic mass is 16.5. The molecule has 0 aliphatic carbocycles. The van der Waals surface area contributed by atoms with E-state index in [-0.39, 0.29) is 12.0 Å². The predicted molar refractivity (Wildman–Crippen MR) is 65.2 cm³/mol. The van der Waals surface area contributed by atoms with Crippen molar-refractivity contribution in [2.75, 3.05) is 20.2 Å². The molecule has 0 bridgehead atoms. The second kappa shape index (κ2) is 5.67. The average Bonchev–Trinajstić information content (AvgIpc) is 2.15. The van der Waals surface area contributed by atoms with E-state index >= 15 is 0 Å². The number of ether oxygens (including phenoxy) is 1. The monoisotopic (exact) mass is 227 g/mol. The van der Waals surface area contributed by atoms with Gasteiger partial charge in [0.15, 0.2) is 0 Å². The van der Waals surface area contributed by atoms with Crippen LogP contribution in [-0.2, 0) is 9.53 Å². The van der Waals surface area contributed by atoms with Crippen molar-refractivity contribution in [2.45, 2.75) is 40.2 Å². The summed E-state index contributed by atoms with van der Waals surface area (Å²) in [7, 11) is 1.48. The summed E-state index contributed by atoms with van der Waals surface area (Å²) < 4.78 is 4.92. The number of methoxy groups -OCH3 is 1.